The lowest BCUT2D eigenvalue weighted by Gasteiger charge is -1.98. The van der Waals surface area contributed by atoms with Crippen LogP contribution in [0.25, 0.3) is 11.3 Å². The van der Waals surface area contributed by atoms with Crippen molar-refractivity contribution in [1.29, 1.82) is 0 Å². The molecule has 100 valence electrons. The quantitative estimate of drug-likeness (QED) is 0.786. The number of halogens is 1. The fourth-order valence-electron chi connectivity index (χ4n) is 1.92. The molecule has 3 rings (SSSR count). The van der Waals surface area contributed by atoms with Gasteiger partial charge in [-0.3, -0.25) is 4.79 Å². The molecule has 0 bridgehead atoms. The molecule has 0 saturated heterocycles. The van der Waals surface area contributed by atoms with Crippen LogP contribution in [0.5, 0.6) is 0 Å². The largest absolute Gasteiger partial charge is 0.325 e. The van der Waals surface area contributed by atoms with Crippen LogP contribution < -0.4 is 5.56 Å². The van der Waals surface area contributed by atoms with Crippen molar-refractivity contribution in [3.63, 3.8) is 0 Å². The number of nitrogens with zero attached hydrogens (tertiary/aromatic N) is 2. The van der Waals surface area contributed by atoms with Gasteiger partial charge in [0.05, 0.1) is 0 Å². The zero-order valence-corrected chi connectivity index (χ0v) is 12.9. The van der Waals surface area contributed by atoms with E-state index < -0.39 is 7.69 Å². The van der Waals surface area contributed by atoms with Crippen molar-refractivity contribution in [3.8, 4) is 11.3 Å². The smallest absolute Gasteiger partial charge is 0.274 e. The molecule has 1 N–H and O–H groups in total. The fourth-order valence-corrected chi connectivity index (χ4v) is 3.82. The standard InChI is InChI=1S/C14H11BrN3OP/c15-12-7-16-14(19)13(18-12)11-6-17-20(9-11)8-10-4-2-1-3-5-10/h1-7,9H,8H2,(H,16,19). The Hall–Kier alpha value is -1.71. The molecule has 0 fully saturated rings. The summed E-state index contributed by atoms with van der Waals surface area (Å²) in [5, 5.41) is 0. The molecule has 0 radical (unpaired) electrons. The molecular weight excluding hydrogens is 337 g/mol. The Morgan fingerprint density at radius 3 is 2.85 bits per heavy atom. The van der Waals surface area contributed by atoms with Crippen LogP contribution in [0.2, 0.25) is 0 Å². The lowest BCUT2D eigenvalue weighted by molar-refractivity contribution is 1.12. The zero-order chi connectivity index (χ0) is 13.9. The molecule has 20 heavy (non-hydrogen) atoms. The molecular formula is C14H11BrN3OP. The van der Waals surface area contributed by atoms with Gasteiger partial charge in [-0.25, -0.2) is 9.73 Å². The molecule has 2 heterocycles. The second kappa shape index (κ2) is 5.73. The first kappa shape index (κ1) is 13.3. The first-order chi connectivity index (χ1) is 9.72. The number of H-pyrrole nitrogens is 1. The summed E-state index contributed by atoms with van der Waals surface area (Å²) in [5.41, 5.74) is 2.28. The minimum absolute atomic E-state index is 0.192. The number of aromatic amines is 1. The molecule has 4 nitrogen and oxygen atoms in total. The predicted molar refractivity (Wildman–Crippen MR) is 84.0 cm³/mol. The molecule has 6 heteroatoms. The molecule has 0 aliphatic carbocycles. The highest BCUT2D eigenvalue weighted by atomic mass is 79.9. The molecule has 3 aromatic rings. The minimum Gasteiger partial charge on any atom is -0.325 e. The second-order valence-corrected chi connectivity index (χ2v) is 6.81. The average Bonchev–Trinajstić information content (AvgIpc) is 2.91. The highest BCUT2D eigenvalue weighted by Gasteiger charge is 2.09. The lowest BCUT2D eigenvalue weighted by Crippen LogP contribution is -2.09. The second-order valence-electron chi connectivity index (χ2n) is 4.31. The van der Waals surface area contributed by atoms with Crippen LogP contribution >= 0.6 is 23.6 Å². The van der Waals surface area contributed by atoms with E-state index in [1.807, 2.05) is 24.0 Å². The summed E-state index contributed by atoms with van der Waals surface area (Å²) >= 11 is 3.26. The molecule has 0 saturated carbocycles. The number of aromatic nitrogens is 3. The molecule has 1 aromatic carbocycles. The van der Waals surface area contributed by atoms with Crippen molar-refractivity contribution < 1.29 is 0 Å². The van der Waals surface area contributed by atoms with Crippen LogP contribution in [0.4, 0.5) is 0 Å². The van der Waals surface area contributed by atoms with Crippen LogP contribution in [-0.2, 0) is 6.16 Å². The van der Waals surface area contributed by atoms with Gasteiger partial charge in [0, 0.05) is 24.1 Å². The van der Waals surface area contributed by atoms with Gasteiger partial charge < -0.3 is 4.98 Å². The van der Waals surface area contributed by atoms with Gasteiger partial charge in [-0.2, -0.15) is 0 Å². The van der Waals surface area contributed by atoms with Crippen LogP contribution in [0.3, 0.4) is 0 Å². The minimum atomic E-state index is -0.607. The predicted octanol–water partition coefficient (Wildman–Crippen LogP) is 3.63. The normalized spacial score (nSPS) is 11.6. The summed E-state index contributed by atoms with van der Waals surface area (Å²) in [5.74, 6) is 2.05. The van der Waals surface area contributed by atoms with E-state index in [-0.39, 0.29) is 5.56 Å². The van der Waals surface area contributed by atoms with Gasteiger partial charge in [0.15, 0.2) is 0 Å². The molecule has 1 unspecified atom stereocenters. The van der Waals surface area contributed by atoms with Crippen molar-refractivity contribution in [3.05, 3.63) is 69.0 Å². The van der Waals surface area contributed by atoms with Gasteiger partial charge in [-0.15, -0.1) is 0 Å². The van der Waals surface area contributed by atoms with E-state index in [0.717, 1.165) is 11.7 Å². The van der Waals surface area contributed by atoms with Crippen molar-refractivity contribution in [2.45, 2.75) is 6.16 Å². The van der Waals surface area contributed by atoms with E-state index in [1.54, 1.807) is 6.20 Å². The maximum Gasteiger partial charge on any atom is 0.274 e. The van der Waals surface area contributed by atoms with Gasteiger partial charge in [0.1, 0.15) is 10.3 Å². The molecule has 0 aliphatic heterocycles. The topological polar surface area (TPSA) is 58.6 Å². The van der Waals surface area contributed by atoms with Crippen molar-refractivity contribution in [2.75, 3.05) is 0 Å². The Morgan fingerprint density at radius 1 is 1.25 bits per heavy atom. The van der Waals surface area contributed by atoms with Gasteiger partial charge in [-0.05, 0) is 35.0 Å². The number of hydrogen-bond donors (Lipinski definition) is 1. The summed E-state index contributed by atoms with van der Waals surface area (Å²) in [7, 11) is -0.607. The highest BCUT2D eigenvalue weighted by Crippen LogP contribution is 2.32. The van der Waals surface area contributed by atoms with Crippen molar-refractivity contribution >= 4 is 23.6 Å². The van der Waals surface area contributed by atoms with Crippen molar-refractivity contribution in [2.24, 2.45) is 0 Å². The molecule has 0 spiro atoms. The molecule has 0 aliphatic rings. The summed E-state index contributed by atoms with van der Waals surface area (Å²) in [6.07, 6.45) is 4.17. The summed E-state index contributed by atoms with van der Waals surface area (Å²) in [6.45, 7) is 0. The van der Waals surface area contributed by atoms with E-state index in [9.17, 15) is 4.79 Å². The third-order valence-corrected chi connectivity index (χ3v) is 4.93. The third-order valence-electron chi connectivity index (χ3n) is 2.85. The summed E-state index contributed by atoms with van der Waals surface area (Å²) < 4.78 is 5.11. The van der Waals surface area contributed by atoms with E-state index in [0.29, 0.717) is 10.3 Å². The Balaban J connectivity index is 1.90. The van der Waals surface area contributed by atoms with E-state index in [2.05, 4.69) is 42.8 Å². The third kappa shape index (κ3) is 2.89. The van der Waals surface area contributed by atoms with Gasteiger partial charge >= 0.3 is 0 Å². The zero-order valence-electron chi connectivity index (χ0n) is 10.5. The van der Waals surface area contributed by atoms with Gasteiger partial charge in [0.25, 0.3) is 5.56 Å². The fraction of sp³-hybridized carbons (Fsp3) is 0.0714. The maximum atomic E-state index is 11.8. The van der Waals surface area contributed by atoms with Crippen LogP contribution in [0.15, 0.2) is 57.9 Å². The van der Waals surface area contributed by atoms with Crippen LogP contribution in [0, 0.1) is 0 Å². The molecule has 2 aromatic heterocycles. The van der Waals surface area contributed by atoms with Crippen LogP contribution in [-0.4, -0.2) is 14.7 Å². The number of hydrogen-bond acceptors (Lipinski definition) is 3. The average molecular weight is 348 g/mol. The lowest BCUT2D eigenvalue weighted by atomic mass is 10.2. The van der Waals surface area contributed by atoms with Gasteiger partial charge in [-0.1, -0.05) is 30.3 Å². The van der Waals surface area contributed by atoms with E-state index >= 15 is 0 Å². The van der Waals surface area contributed by atoms with Crippen molar-refractivity contribution in [1.82, 2.24) is 14.7 Å². The number of nitrogens with one attached hydrogen (secondary N) is 1. The Bertz CT molecular complexity index is 782. The van der Waals surface area contributed by atoms with E-state index in [4.69, 9.17) is 0 Å². The molecule has 0 amide bonds. The number of benzene rings is 1. The van der Waals surface area contributed by atoms with Crippen LogP contribution in [0.1, 0.15) is 5.56 Å². The first-order valence-corrected chi connectivity index (χ1v) is 8.38. The SMILES string of the molecule is O=c1[nH]cc(Br)nc1-c1cnp(Cc2ccccc2)c1. The Morgan fingerprint density at radius 2 is 2.05 bits per heavy atom. The Labute approximate surface area is 125 Å². The number of rotatable bonds is 3. The summed E-state index contributed by atoms with van der Waals surface area (Å²) in [4.78, 5) is 18.7. The monoisotopic (exact) mass is 347 g/mol. The summed E-state index contributed by atoms with van der Waals surface area (Å²) in [6, 6.07) is 10.2. The highest BCUT2D eigenvalue weighted by molar-refractivity contribution is 9.10. The van der Waals surface area contributed by atoms with Gasteiger partial charge in [0.2, 0.25) is 0 Å². The maximum absolute atomic E-state index is 11.8. The van der Waals surface area contributed by atoms with E-state index in [1.165, 1.54) is 11.8 Å². The molecule has 1 atom stereocenters. The Kier molecular flexibility index (Phi) is 3.81. The first-order valence-electron chi connectivity index (χ1n) is 6.04.